The molecule has 0 spiro atoms. The molecule has 13 heavy (non-hydrogen) atoms. The molecule has 1 heterocycles. The summed E-state index contributed by atoms with van der Waals surface area (Å²) in [6, 6.07) is 0. The van der Waals surface area contributed by atoms with E-state index in [-0.39, 0.29) is 0 Å². The van der Waals surface area contributed by atoms with Crippen LogP contribution >= 0.6 is 34.8 Å². The van der Waals surface area contributed by atoms with E-state index >= 15 is 0 Å². The third-order valence-electron chi connectivity index (χ3n) is 2.26. The molecular formula is C8H14Cl3NO. The Balaban J connectivity index is 2.30. The summed E-state index contributed by atoms with van der Waals surface area (Å²) in [4.78, 5) is 2.13. The van der Waals surface area contributed by atoms with Gasteiger partial charge in [0.25, 0.3) is 0 Å². The van der Waals surface area contributed by atoms with E-state index in [1.165, 1.54) is 19.3 Å². The molecule has 5 heteroatoms. The van der Waals surface area contributed by atoms with Crippen molar-refractivity contribution in [3.63, 3.8) is 0 Å². The zero-order valence-electron chi connectivity index (χ0n) is 7.35. The summed E-state index contributed by atoms with van der Waals surface area (Å²) in [5.41, 5.74) is 0. The molecule has 1 aliphatic rings. The van der Waals surface area contributed by atoms with Crippen molar-refractivity contribution in [3.8, 4) is 0 Å². The van der Waals surface area contributed by atoms with E-state index in [9.17, 15) is 5.11 Å². The fraction of sp³-hybridized carbons (Fsp3) is 1.00. The molecule has 1 N–H and O–H groups in total. The second-order valence-electron chi connectivity index (χ2n) is 3.42. The van der Waals surface area contributed by atoms with Gasteiger partial charge < -0.3 is 10.0 Å². The highest BCUT2D eigenvalue weighted by Crippen LogP contribution is 2.30. The zero-order valence-corrected chi connectivity index (χ0v) is 9.62. The summed E-state index contributed by atoms with van der Waals surface area (Å²) in [7, 11) is 0. The third kappa shape index (κ3) is 4.22. The Hall–Kier alpha value is 0.790. The molecule has 0 radical (unpaired) electrons. The number of β-amino-alcohol motifs (C(OH)–C–C–N with tert-alkyl or cyclic N) is 1. The summed E-state index contributed by atoms with van der Waals surface area (Å²) in [5.74, 6) is 0. The first kappa shape index (κ1) is 11.9. The molecule has 1 unspecified atom stereocenters. The number of piperidine rings is 1. The van der Waals surface area contributed by atoms with E-state index < -0.39 is 9.90 Å². The first-order chi connectivity index (χ1) is 6.00. The number of aliphatic hydroxyl groups excluding tert-OH is 1. The largest absolute Gasteiger partial charge is 0.387 e. The van der Waals surface area contributed by atoms with E-state index in [0.29, 0.717) is 6.54 Å². The van der Waals surface area contributed by atoms with E-state index in [2.05, 4.69) is 4.90 Å². The lowest BCUT2D eigenvalue weighted by molar-refractivity contribution is 0.104. The summed E-state index contributed by atoms with van der Waals surface area (Å²) in [6.07, 6.45) is 2.72. The number of hydrogen-bond donors (Lipinski definition) is 1. The lowest BCUT2D eigenvalue weighted by atomic mass is 10.1. The number of hydrogen-bond acceptors (Lipinski definition) is 2. The summed E-state index contributed by atoms with van der Waals surface area (Å²) in [6.45, 7) is 2.45. The standard InChI is InChI=1S/C8H14Cl3NO/c9-8(10,11)7(13)6-12-4-2-1-3-5-12/h7,13H,1-6H2. The minimum atomic E-state index is -1.56. The molecule has 1 atom stereocenters. The fourth-order valence-electron chi connectivity index (χ4n) is 1.49. The molecule has 1 aliphatic heterocycles. The van der Waals surface area contributed by atoms with Gasteiger partial charge in [0.15, 0.2) is 0 Å². The van der Waals surface area contributed by atoms with Gasteiger partial charge in [-0.2, -0.15) is 0 Å². The predicted molar refractivity (Wildman–Crippen MR) is 56.6 cm³/mol. The van der Waals surface area contributed by atoms with Crippen LogP contribution in [0.3, 0.4) is 0 Å². The lowest BCUT2D eigenvalue weighted by Crippen LogP contribution is -2.41. The van der Waals surface area contributed by atoms with Gasteiger partial charge in [-0.25, -0.2) is 0 Å². The van der Waals surface area contributed by atoms with Gasteiger partial charge in [-0.1, -0.05) is 41.2 Å². The topological polar surface area (TPSA) is 23.5 Å². The first-order valence-corrected chi connectivity index (χ1v) is 5.60. The Bertz CT molecular complexity index is 154. The first-order valence-electron chi connectivity index (χ1n) is 4.47. The van der Waals surface area contributed by atoms with Crippen LogP contribution in [-0.4, -0.2) is 39.5 Å². The molecule has 0 saturated carbocycles. The Morgan fingerprint density at radius 2 is 1.69 bits per heavy atom. The van der Waals surface area contributed by atoms with Crippen molar-refractivity contribution < 1.29 is 5.11 Å². The molecule has 0 bridgehead atoms. The van der Waals surface area contributed by atoms with Crippen molar-refractivity contribution in [1.29, 1.82) is 0 Å². The molecule has 1 fully saturated rings. The van der Waals surface area contributed by atoms with Crippen LogP contribution in [0.25, 0.3) is 0 Å². The van der Waals surface area contributed by atoms with Crippen LogP contribution in [0.15, 0.2) is 0 Å². The Morgan fingerprint density at radius 3 is 2.15 bits per heavy atom. The average molecular weight is 247 g/mol. The van der Waals surface area contributed by atoms with Crippen LogP contribution in [0.1, 0.15) is 19.3 Å². The van der Waals surface area contributed by atoms with Gasteiger partial charge in [-0.05, 0) is 25.9 Å². The maximum absolute atomic E-state index is 9.50. The highest BCUT2D eigenvalue weighted by atomic mass is 35.6. The highest BCUT2D eigenvalue weighted by molar-refractivity contribution is 6.68. The fourth-order valence-corrected chi connectivity index (χ4v) is 1.70. The molecule has 0 aliphatic carbocycles. The lowest BCUT2D eigenvalue weighted by Gasteiger charge is -2.30. The molecular weight excluding hydrogens is 232 g/mol. The van der Waals surface area contributed by atoms with Crippen LogP contribution in [0.4, 0.5) is 0 Å². The van der Waals surface area contributed by atoms with Crippen LogP contribution in [0.2, 0.25) is 0 Å². The van der Waals surface area contributed by atoms with Gasteiger partial charge in [0.2, 0.25) is 3.79 Å². The van der Waals surface area contributed by atoms with Gasteiger partial charge in [0.1, 0.15) is 6.10 Å². The number of alkyl halides is 3. The molecule has 0 aromatic carbocycles. The Morgan fingerprint density at radius 1 is 1.15 bits per heavy atom. The van der Waals surface area contributed by atoms with Gasteiger partial charge in [-0.3, -0.25) is 0 Å². The van der Waals surface area contributed by atoms with Crippen molar-refractivity contribution in [1.82, 2.24) is 4.90 Å². The zero-order chi connectivity index (χ0) is 9.90. The molecule has 0 aromatic heterocycles. The average Bonchev–Trinajstić information content (AvgIpc) is 2.04. The van der Waals surface area contributed by atoms with Crippen LogP contribution in [0.5, 0.6) is 0 Å². The minimum Gasteiger partial charge on any atom is -0.387 e. The third-order valence-corrected chi connectivity index (χ3v) is 3.01. The predicted octanol–water partition coefficient (Wildman–Crippen LogP) is 2.20. The molecule has 1 rings (SSSR count). The van der Waals surface area contributed by atoms with E-state index in [1.54, 1.807) is 0 Å². The number of nitrogens with zero attached hydrogens (tertiary/aromatic N) is 1. The molecule has 0 amide bonds. The number of halogens is 3. The molecule has 78 valence electrons. The van der Waals surface area contributed by atoms with Crippen molar-refractivity contribution in [3.05, 3.63) is 0 Å². The van der Waals surface area contributed by atoms with Gasteiger partial charge >= 0.3 is 0 Å². The van der Waals surface area contributed by atoms with Crippen molar-refractivity contribution in [2.45, 2.75) is 29.2 Å². The molecule has 1 saturated heterocycles. The van der Waals surface area contributed by atoms with Crippen molar-refractivity contribution in [2.75, 3.05) is 19.6 Å². The SMILES string of the molecule is OC(CN1CCCCC1)C(Cl)(Cl)Cl. The second-order valence-corrected chi connectivity index (χ2v) is 5.79. The van der Waals surface area contributed by atoms with Crippen molar-refractivity contribution in [2.24, 2.45) is 0 Å². The van der Waals surface area contributed by atoms with E-state index in [1.807, 2.05) is 0 Å². The summed E-state index contributed by atoms with van der Waals surface area (Å²) in [5, 5.41) is 9.50. The summed E-state index contributed by atoms with van der Waals surface area (Å²) < 4.78 is -1.56. The van der Waals surface area contributed by atoms with Crippen LogP contribution in [-0.2, 0) is 0 Å². The van der Waals surface area contributed by atoms with Gasteiger partial charge in [-0.15, -0.1) is 0 Å². The number of rotatable bonds is 2. The van der Waals surface area contributed by atoms with E-state index in [0.717, 1.165) is 13.1 Å². The molecule has 0 aromatic rings. The van der Waals surface area contributed by atoms with Crippen LogP contribution < -0.4 is 0 Å². The number of likely N-dealkylation sites (tertiary alicyclic amines) is 1. The van der Waals surface area contributed by atoms with E-state index in [4.69, 9.17) is 34.8 Å². The summed E-state index contributed by atoms with van der Waals surface area (Å²) >= 11 is 16.7. The maximum atomic E-state index is 9.50. The Kier molecular flexibility index (Phi) is 4.59. The minimum absolute atomic E-state index is 0.455. The maximum Gasteiger partial charge on any atom is 0.217 e. The normalized spacial score (nSPS) is 23.1. The molecule has 2 nitrogen and oxygen atoms in total. The quantitative estimate of drug-likeness (QED) is 0.755. The second kappa shape index (κ2) is 5.04. The highest BCUT2D eigenvalue weighted by Gasteiger charge is 2.32. The smallest absolute Gasteiger partial charge is 0.217 e. The number of aliphatic hydroxyl groups is 1. The monoisotopic (exact) mass is 245 g/mol. The van der Waals surface area contributed by atoms with Gasteiger partial charge in [0.05, 0.1) is 0 Å². The van der Waals surface area contributed by atoms with Gasteiger partial charge in [0, 0.05) is 6.54 Å². The Labute approximate surface area is 93.8 Å². The van der Waals surface area contributed by atoms with Crippen molar-refractivity contribution >= 4 is 34.8 Å². The van der Waals surface area contributed by atoms with Crippen LogP contribution in [0, 0.1) is 0 Å².